The molecule has 1 atom stereocenters. The first kappa shape index (κ1) is 22.0. The van der Waals surface area contributed by atoms with Gasteiger partial charge < -0.3 is 10.5 Å². The van der Waals surface area contributed by atoms with Gasteiger partial charge in [0, 0.05) is 16.8 Å². The number of nitriles is 1. The van der Waals surface area contributed by atoms with E-state index in [9.17, 15) is 4.79 Å². The highest BCUT2D eigenvalue weighted by Crippen LogP contribution is 2.27. The Labute approximate surface area is 162 Å². The Kier molecular flexibility index (Phi) is 8.29. The monoisotopic (exact) mass is 364 g/mol. The summed E-state index contributed by atoms with van der Waals surface area (Å²) in [6.45, 7) is 13.6. The first-order valence-electron chi connectivity index (χ1n) is 8.85. The third-order valence-electron chi connectivity index (χ3n) is 3.94. The molecule has 2 N–H and O–H groups in total. The molecule has 0 aliphatic rings. The Morgan fingerprint density at radius 2 is 1.89 bits per heavy atom. The molecule has 0 bridgehead atoms. The number of Topliss-reactive ketones (excluding diaryl/α,β-unsaturated/α-hetero) is 1. The number of nitrogens with two attached hydrogens (primary N) is 1. The first-order valence-corrected chi connectivity index (χ1v) is 8.85. The number of hydrogen-bond acceptors (Lipinski definition) is 4. The van der Waals surface area contributed by atoms with Gasteiger partial charge in [0.15, 0.2) is 5.78 Å². The summed E-state index contributed by atoms with van der Waals surface area (Å²) in [6, 6.07) is 9.06. The molecule has 0 saturated carbocycles. The molecule has 0 radical (unpaired) electrons. The van der Waals surface area contributed by atoms with Crippen molar-refractivity contribution < 1.29 is 9.53 Å². The number of hydrogen-bond donors (Lipinski definition) is 1. The van der Waals surface area contributed by atoms with Crippen LogP contribution < -0.4 is 10.5 Å². The fraction of sp³-hybridized carbons (Fsp3) is 0.304. The summed E-state index contributed by atoms with van der Waals surface area (Å²) in [5.74, 6) is 0.343. The second kappa shape index (κ2) is 10.2. The normalized spacial score (nSPS) is 12.7. The molecule has 0 aromatic heterocycles. The summed E-state index contributed by atoms with van der Waals surface area (Å²) < 4.78 is 5.56. The first-order chi connectivity index (χ1) is 12.7. The van der Waals surface area contributed by atoms with Gasteiger partial charge in [-0.05, 0) is 70.5 Å². The summed E-state index contributed by atoms with van der Waals surface area (Å²) in [6.07, 6.45) is 3.56. The molecule has 4 heteroatoms. The summed E-state index contributed by atoms with van der Waals surface area (Å²) in [5.41, 5.74) is 10.1. The fourth-order valence-corrected chi connectivity index (χ4v) is 2.38. The standard InChI is InChI=1S/C23H28N2O2/c1-7-19(25)12-21(15(2)3)22(16(4)5)23(26)18-8-10-20(11-9-18)27-14-17(6)13-24/h7-12,17H,2,14,25H2,1,3-6H3/b19-7+,21-12+. The molecular formula is C23H28N2O2. The van der Waals surface area contributed by atoms with Crippen LogP contribution in [-0.4, -0.2) is 12.4 Å². The Morgan fingerprint density at radius 3 is 2.33 bits per heavy atom. The summed E-state index contributed by atoms with van der Waals surface area (Å²) in [7, 11) is 0. The van der Waals surface area contributed by atoms with E-state index >= 15 is 0 Å². The van der Waals surface area contributed by atoms with Crippen LogP contribution in [0.5, 0.6) is 5.75 Å². The molecule has 0 heterocycles. The molecule has 1 aromatic carbocycles. The summed E-state index contributed by atoms with van der Waals surface area (Å²) in [4.78, 5) is 13.1. The predicted molar refractivity (Wildman–Crippen MR) is 110 cm³/mol. The van der Waals surface area contributed by atoms with Gasteiger partial charge in [0.1, 0.15) is 12.4 Å². The largest absolute Gasteiger partial charge is 0.492 e. The molecule has 0 fully saturated rings. The molecule has 0 saturated heterocycles. The minimum absolute atomic E-state index is 0.0925. The Balaban J connectivity index is 3.19. The maximum Gasteiger partial charge on any atom is 0.193 e. The van der Waals surface area contributed by atoms with E-state index in [1.807, 2.05) is 27.7 Å². The van der Waals surface area contributed by atoms with E-state index in [2.05, 4.69) is 12.6 Å². The van der Waals surface area contributed by atoms with Crippen molar-refractivity contribution in [3.05, 3.63) is 76.5 Å². The van der Waals surface area contributed by atoms with Gasteiger partial charge in [0.2, 0.25) is 0 Å². The van der Waals surface area contributed by atoms with Crippen LogP contribution in [0.15, 0.2) is 71.0 Å². The third-order valence-corrected chi connectivity index (χ3v) is 3.94. The predicted octanol–water partition coefficient (Wildman–Crippen LogP) is 5.11. The third kappa shape index (κ3) is 6.31. The van der Waals surface area contributed by atoms with E-state index in [0.717, 1.165) is 16.7 Å². The van der Waals surface area contributed by atoms with Gasteiger partial charge in [-0.25, -0.2) is 0 Å². The van der Waals surface area contributed by atoms with Crippen LogP contribution in [0.3, 0.4) is 0 Å². The van der Waals surface area contributed by atoms with Crippen LogP contribution >= 0.6 is 0 Å². The van der Waals surface area contributed by atoms with Crippen molar-refractivity contribution in [2.75, 3.05) is 6.61 Å². The fourth-order valence-electron chi connectivity index (χ4n) is 2.38. The number of rotatable bonds is 8. The van der Waals surface area contributed by atoms with Crippen molar-refractivity contribution >= 4 is 5.78 Å². The molecule has 4 nitrogen and oxygen atoms in total. The van der Waals surface area contributed by atoms with Gasteiger partial charge in [-0.1, -0.05) is 23.8 Å². The highest BCUT2D eigenvalue weighted by molar-refractivity contribution is 6.12. The molecule has 27 heavy (non-hydrogen) atoms. The topological polar surface area (TPSA) is 76.1 Å². The molecule has 1 aromatic rings. The van der Waals surface area contributed by atoms with E-state index < -0.39 is 0 Å². The summed E-state index contributed by atoms with van der Waals surface area (Å²) in [5, 5.41) is 8.81. The van der Waals surface area contributed by atoms with Gasteiger partial charge >= 0.3 is 0 Å². The summed E-state index contributed by atoms with van der Waals surface area (Å²) >= 11 is 0. The molecular weight excluding hydrogens is 336 g/mol. The smallest absolute Gasteiger partial charge is 0.193 e. The van der Waals surface area contributed by atoms with Crippen molar-refractivity contribution in [1.82, 2.24) is 0 Å². The number of allylic oxidation sites excluding steroid dienone is 6. The van der Waals surface area contributed by atoms with Crippen LogP contribution in [0.4, 0.5) is 0 Å². The molecule has 0 aliphatic heterocycles. The number of carbonyl (C=O) groups is 1. The van der Waals surface area contributed by atoms with Crippen LogP contribution in [0, 0.1) is 17.2 Å². The van der Waals surface area contributed by atoms with E-state index in [4.69, 9.17) is 15.7 Å². The highest BCUT2D eigenvalue weighted by atomic mass is 16.5. The van der Waals surface area contributed by atoms with E-state index in [0.29, 0.717) is 29.2 Å². The van der Waals surface area contributed by atoms with Crippen molar-refractivity contribution in [3.63, 3.8) is 0 Å². The minimum Gasteiger partial charge on any atom is -0.492 e. The second-order valence-corrected chi connectivity index (χ2v) is 6.70. The highest BCUT2D eigenvalue weighted by Gasteiger charge is 2.19. The molecule has 0 amide bonds. The van der Waals surface area contributed by atoms with E-state index in [1.165, 1.54) is 0 Å². The zero-order valence-electron chi connectivity index (χ0n) is 16.8. The van der Waals surface area contributed by atoms with Gasteiger partial charge in [0.05, 0.1) is 12.0 Å². The van der Waals surface area contributed by atoms with Gasteiger partial charge in [-0.15, -0.1) is 0 Å². The van der Waals surface area contributed by atoms with Crippen LogP contribution in [0.25, 0.3) is 0 Å². The lowest BCUT2D eigenvalue weighted by Gasteiger charge is -2.15. The maximum absolute atomic E-state index is 13.1. The molecule has 0 aliphatic carbocycles. The lowest BCUT2D eigenvalue weighted by Crippen LogP contribution is -2.10. The van der Waals surface area contributed by atoms with E-state index in [-0.39, 0.29) is 11.7 Å². The maximum atomic E-state index is 13.1. The number of nitrogens with zero attached hydrogens (tertiary/aromatic N) is 1. The van der Waals surface area contributed by atoms with Crippen molar-refractivity contribution in [2.24, 2.45) is 11.7 Å². The van der Waals surface area contributed by atoms with E-state index in [1.54, 1.807) is 43.3 Å². The van der Waals surface area contributed by atoms with Gasteiger partial charge in [0.25, 0.3) is 0 Å². The second-order valence-electron chi connectivity index (χ2n) is 6.70. The molecule has 142 valence electrons. The number of ether oxygens (including phenoxy) is 1. The molecule has 1 unspecified atom stereocenters. The van der Waals surface area contributed by atoms with Gasteiger partial charge in [-0.2, -0.15) is 5.26 Å². The SMILES string of the molecule is C=C(C)/C(=C\C(N)=C/C)C(C(=O)c1ccc(OCC(C)C#N)cc1)=C(C)C. The minimum atomic E-state index is -0.191. The lowest BCUT2D eigenvalue weighted by atomic mass is 9.89. The average molecular weight is 364 g/mol. The Morgan fingerprint density at radius 1 is 1.30 bits per heavy atom. The van der Waals surface area contributed by atoms with Crippen molar-refractivity contribution in [1.29, 1.82) is 5.26 Å². The quantitative estimate of drug-likeness (QED) is 0.395. The lowest BCUT2D eigenvalue weighted by molar-refractivity contribution is 0.103. The molecule has 0 spiro atoms. The van der Waals surface area contributed by atoms with Crippen LogP contribution in [0.1, 0.15) is 45.0 Å². The van der Waals surface area contributed by atoms with Crippen LogP contribution in [-0.2, 0) is 0 Å². The molecule has 1 rings (SSSR count). The van der Waals surface area contributed by atoms with Crippen molar-refractivity contribution in [2.45, 2.75) is 34.6 Å². The number of benzene rings is 1. The zero-order valence-corrected chi connectivity index (χ0v) is 16.8. The number of carbonyl (C=O) groups excluding carboxylic acids is 1. The average Bonchev–Trinajstić information content (AvgIpc) is 2.65. The van der Waals surface area contributed by atoms with Gasteiger partial charge in [-0.3, -0.25) is 4.79 Å². The zero-order chi connectivity index (χ0) is 20.6. The Bertz CT molecular complexity index is 830. The Hall–Kier alpha value is -3.06. The number of ketones is 1. The van der Waals surface area contributed by atoms with Crippen molar-refractivity contribution in [3.8, 4) is 11.8 Å². The van der Waals surface area contributed by atoms with Crippen LogP contribution in [0.2, 0.25) is 0 Å².